The van der Waals surface area contributed by atoms with E-state index in [1.165, 1.54) is 76.2 Å². The van der Waals surface area contributed by atoms with Crippen molar-refractivity contribution in [2.45, 2.75) is 154 Å². The normalized spacial score (nSPS) is 25.0. The van der Waals surface area contributed by atoms with E-state index in [1.807, 2.05) is 13.0 Å². The summed E-state index contributed by atoms with van der Waals surface area (Å²) in [6.07, 6.45) is 18.4. The Hall–Kier alpha value is -1.67. The Balaban J connectivity index is 1.51. The Morgan fingerprint density at radius 3 is 2.20 bits per heavy atom. The number of ether oxygens (including phenoxy) is 3. The zero-order valence-electron chi connectivity index (χ0n) is 29.9. The molecule has 7 heteroatoms. The first kappa shape index (κ1) is 37.2. The van der Waals surface area contributed by atoms with Crippen molar-refractivity contribution < 1.29 is 24.1 Å². The van der Waals surface area contributed by atoms with Gasteiger partial charge >= 0.3 is 0 Å². The topological polar surface area (TPSA) is 71.5 Å². The Morgan fingerprint density at radius 1 is 0.978 bits per heavy atom. The zero-order valence-corrected chi connectivity index (χ0v) is 29.9. The average molecular weight is 643 g/mol. The number of benzene rings is 1. The number of Topliss-reactive ketones (excluding diaryl/α,β-unsaturated/α-hetero) is 1. The van der Waals surface area contributed by atoms with Gasteiger partial charge in [-0.25, -0.2) is 0 Å². The van der Waals surface area contributed by atoms with Gasteiger partial charge in [0.2, 0.25) is 0 Å². The molecule has 2 heterocycles. The molecule has 0 spiro atoms. The second-order valence-electron chi connectivity index (χ2n) is 14.8. The predicted octanol–water partition coefficient (Wildman–Crippen LogP) is 7.77. The molecule has 262 valence electrons. The molecule has 2 aliphatic heterocycles. The highest BCUT2D eigenvalue weighted by atomic mass is 16.5. The second-order valence-corrected chi connectivity index (χ2v) is 14.8. The van der Waals surface area contributed by atoms with Gasteiger partial charge in [0.05, 0.1) is 38.6 Å². The number of nitrogens with zero attached hydrogens (tertiary/aromatic N) is 2. The Kier molecular flexibility index (Phi) is 15.2. The molecule has 7 nitrogen and oxygen atoms in total. The first-order valence-corrected chi connectivity index (χ1v) is 18.9. The van der Waals surface area contributed by atoms with E-state index in [9.17, 15) is 9.90 Å². The van der Waals surface area contributed by atoms with Crippen LogP contribution in [0.4, 0.5) is 0 Å². The highest BCUT2D eigenvalue weighted by Crippen LogP contribution is 2.48. The lowest BCUT2D eigenvalue weighted by molar-refractivity contribution is -0.127. The quantitative estimate of drug-likeness (QED) is 0.146. The highest BCUT2D eigenvalue weighted by Gasteiger charge is 2.50. The van der Waals surface area contributed by atoms with Gasteiger partial charge in [-0.2, -0.15) is 0 Å². The van der Waals surface area contributed by atoms with Crippen LogP contribution in [0.1, 0.15) is 135 Å². The first-order chi connectivity index (χ1) is 22.3. The van der Waals surface area contributed by atoms with Crippen molar-refractivity contribution in [1.29, 1.82) is 0 Å². The van der Waals surface area contributed by atoms with Crippen LogP contribution in [-0.2, 0) is 9.53 Å². The van der Waals surface area contributed by atoms with E-state index < -0.39 is 6.10 Å². The third-order valence-corrected chi connectivity index (χ3v) is 11.4. The maximum Gasteiger partial charge on any atom is 0.161 e. The van der Waals surface area contributed by atoms with Gasteiger partial charge in [0.15, 0.2) is 11.5 Å². The lowest BCUT2D eigenvalue weighted by atomic mass is 9.72. The summed E-state index contributed by atoms with van der Waals surface area (Å²) < 4.78 is 17.9. The van der Waals surface area contributed by atoms with Crippen LogP contribution in [0.5, 0.6) is 11.5 Å². The molecule has 3 aliphatic rings. The maximum atomic E-state index is 13.5. The highest BCUT2D eigenvalue weighted by molar-refractivity contribution is 5.82. The second kappa shape index (κ2) is 18.8. The number of morpholine rings is 1. The SMILES string of the molecule is CCCCCCCCCCCC[C@@H]([C@@H](C(C)=O)N1CCOCC1)N1CC(c2ccc(OC)c(OC3CCCC3)c2)C(C)([C@@H](C)O)C1. The number of hydrogen-bond acceptors (Lipinski definition) is 7. The predicted molar refractivity (Wildman–Crippen MR) is 187 cm³/mol. The number of unbranched alkanes of at least 4 members (excludes halogenated alkanes) is 9. The Bertz CT molecular complexity index is 1040. The number of carbonyl (C=O) groups excluding carboxylic acids is 1. The van der Waals surface area contributed by atoms with Gasteiger partial charge in [0, 0.05) is 43.6 Å². The first-order valence-electron chi connectivity index (χ1n) is 18.9. The summed E-state index contributed by atoms with van der Waals surface area (Å²) in [5, 5.41) is 11.3. The van der Waals surface area contributed by atoms with Crippen LogP contribution in [0.15, 0.2) is 18.2 Å². The van der Waals surface area contributed by atoms with Crippen LogP contribution >= 0.6 is 0 Å². The van der Waals surface area contributed by atoms with Gasteiger partial charge in [-0.15, -0.1) is 0 Å². The summed E-state index contributed by atoms with van der Waals surface area (Å²) in [6, 6.07) is 6.33. The lowest BCUT2D eigenvalue weighted by Gasteiger charge is -2.42. The van der Waals surface area contributed by atoms with E-state index in [0.29, 0.717) is 13.2 Å². The van der Waals surface area contributed by atoms with Crippen LogP contribution in [0.3, 0.4) is 0 Å². The van der Waals surface area contributed by atoms with Gasteiger partial charge in [-0.3, -0.25) is 14.6 Å². The number of carbonyl (C=O) groups is 1. The van der Waals surface area contributed by atoms with Crippen LogP contribution in [-0.4, -0.2) is 91.5 Å². The Morgan fingerprint density at radius 2 is 1.61 bits per heavy atom. The van der Waals surface area contributed by atoms with E-state index in [1.54, 1.807) is 14.0 Å². The lowest BCUT2D eigenvalue weighted by Crippen LogP contribution is -2.57. The number of aliphatic hydroxyl groups excluding tert-OH is 1. The van der Waals surface area contributed by atoms with Gasteiger partial charge in [-0.1, -0.05) is 84.1 Å². The summed E-state index contributed by atoms with van der Waals surface area (Å²) in [5.74, 6) is 1.94. The molecule has 3 fully saturated rings. The van der Waals surface area contributed by atoms with E-state index in [2.05, 4.69) is 35.8 Å². The maximum absolute atomic E-state index is 13.5. The number of aliphatic hydroxyl groups is 1. The van der Waals surface area contributed by atoms with Crippen molar-refractivity contribution in [3.8, 4) is 11.5 Å². The summed E-state index contributed by atoms with van der Waals surface area (Å²) in [6.45, 7) is 12.8. The molecule has 2 saturated heterocycles. The minimum Gasteiger partial charge on any atom is -0.493 e. The number of ketones is 1. The smallest absolute Gasteiger partial charge is 0.161 e. The van der Waals surface area contributed by atoms with Gasteiger partial charge in [0.25, 0.3) is 0 Å². The van der Waals surface area contributed by atoms with Crippen molar-refractivity contribution in [3.63, 3.8) is 0 Å². The Labute approximate surface area is 280 Å². The van der Waals surface area contributed by atoms with Gasteiger partial charge in [0.1, 0.15) is 5.78 Å². The van der Waals surface area contributed by atoms with E-state index in [4.69, 9.17) is 14.2 Å². The molecule has 4 rings (SSSR count). The van der Waals surface area contributed by atoms with Crippen molar-refractivity contribution in [1.82, 2.24) is 9.80 Å². The summed E-state index contributed by atoms with van der Waals surface area (Å²) in [5.41, 5.74) is 0.824. The molecule has 0 amide bonds. The number of rotatable bonds is 20. The monoisotopic (exact) mass is 642 g/mol. The van der Waals surface area contributed by atoms with Crippen LogP contribution in [0, 0.1) is 5.41 Å². The van der Waals surface area contributed by atoms with Crippen molar-refractivity contribution >= 4 is 5.78 Å². The largest absolute Gasteiger partial charge is 0.493 e. The van der Waals surface area contributed by atoms with E-state index >= 15 is 0 Å². The van der Waals surface area contributed by atoms with Crippen molar-refractivity contribution in [3.05, 3.63) is 23.8 Å². The molecule has 0 aromatic heterocycles. The molecule has 5 atom stereocenters. The van der Waals surface area contributed by atoms with Crippen LogP contribution < -0.4 is 9.47 Å². The summed E-state index contributed by atoms with van der Waals surface area (Å²) >= 11 is 0. The van der Waals surface area contributed by atoms with Crippen molar-refractivity contribution in [2.24, 2.45) is 5.41 Å². The molecule has 1 saturated carbocycles. The average Bonchev–Trinajstić information content (AvgIpc) is 3.70. The molecule has 0 bridgehead atoms. The minimum absolute atomic E-state index is 0.108. The van der Waals surface area contributed by atoms with E-state index in [-0.39, 0.29) is 35.3 Å². The molecule has 1 aromatic rings. The number of methoxy groups -OCH3 is 1. The fourth-order valence-corrected chi connectivity index (χ4v) is 8.41. The molecule has 1 N–H and O–H groups in total. The van der Waals surface area contributed by atoms with Crippen LogP contribution in [0.25, 0.3) is 0 Å². The third-order valence-electron chi connectivity index (χ3n) is 11.4. The molecule has 46 heavy (non-hydrogen) atoms. The third kappa shape index (κ3) is 9.93. The minimum atomic E-state index is -0.499. The van der Waals surface area contributed by atoms with Gasteiger partial charge in [-0.05, 0) is 63.6 Å². The van der Waals surface area contributed by atoms with Crippen molar-refractivity contribution in [2.75, 3.05) is 46.5 Å². The number of hydrogen-bond donors (Lipinski definition) is 1. The fourth-order valence-electron chi connectivity index (χ4n) is 8.41. The molecular formula is C39H66N2O5. The molecule has 1 aliphatic carbocycles. The molecule has 1 aromatic carbocycles. The van der Waals surface area contributed by atoms with Crippen LogP contribution in [0.2, 0.25) is 0 Å². The van der Waals surface area contributed by atoms with Gasteiger partial charge < -0.3 is 19.3 Å². The zero-order chi connectivity index (χ0) is 32.9. The van der Waals surface area contributed by atoms with E-state index in [0.717, 1.165) is 63.4 Å². The molecule has 2 unspecified atom stereocenters. The number of likely N-dealkylation sites (tertiary alicyclic amines) is 1. The summed E-state index contributed by atoms with van der Waals surface area (Å²) in [7, 11) is 1.71. The summed E-state index contributed by atoms with van der Waals surface area (Å²) in [4.78, 5) is 18.4. The fraction of sp³-hybridized carbons (Fsp3) is 0.821. The molecule has 0 radical (unpaired) electrons. The standard InChI is InChI=1S/C39H66N2O5/c1-6-7-8-9-10-11-12-13-14-15-20-35(38(30(2)42)40-23-25-45-26-24-40)41-28-34(39(4,29-41)31(3)43)32-21-22-36(44-5)37(27-32)46-33-18-16-17-19-33/h21-22,27,31,33-35,38,43H,6-20,23-26,28-29H2,1-5H3/t31-,34?,35+,38-,39?/m1/s1. The molecular weight excluding hydrogens is 576 g/mol.